The minimum absolute atomic E-state index is 0.468. The van der Waals surface area contributed by atoms with Crippen LogP contribution in [0.1, 0.15) is 50.5 Å². The summed E-state index contributed by atoms with van der Waals surface area (Å²) in [6.07, 6.45) is 7.58. The van der Waals surface area contributed by atoms with Crippen molar-refractivity contribution in [1.29, 1.82) is 0 Å². The van der Waals surface area contributed by atoms with Gasteiger partial charge in [0.2, 0.25) is 0 Å². The van der Waals surface area contributed by atoms with Crippen LogP contribution in [0.25, 0.3) is 0 Å². The highest BCUT2D eigenvalue weighted by Gasteiger charge is 2.14. The lowest BCUT2D eigenvalue weighted by Gasteiger charge is -2.11. The number of carbonyl (C=O) groups is 2. The lowest BCUT2D eigenvalue weighted by Crippen LogP contribution is -2.33. The summed E-state index contributed by atoms with van der Waals surface area (Å²) < 4.78 is 5.71. The van der Waals surface area contributed by atoms with E-state index < -0.39 is 11.8 Å². The first-order valence-corrected chi connectivity index (χ1v) is 10.1. The Morgan fingerprint density at radius 2 is 1.48 bits per heavy atom. The van der Waals surface area contributed by atoms with Gasteiger partial charge in [-0.15, -0.1) is 0 Å². The van der Waals surface area contributed by atoms with Crippen molar-refractivity contribution in [3.8, 4) is 5.75 Å². The molecule has 0 aliphatic heterocycles. The van der Waals surface area contributed by atoms with Crippen LogP contribution < -0.4 is 15.5 Å². The summed E-state index contributed by atoms with van der Waals surface area (Å²) in [5, 5.41) is 6.73. The Bertz CT molecular complexity index is 822. The molecule has 0 saturated heterocycles. The molecule has 152 valence electrons. The molecule has 6 heteroatoms. The van der Waals surface area contributed by atoms with Gasteiger partial charge in [0.1, 0.15) is 12.4 Å². The largest absolute Gasteiger partial charge is 0.489 e. The number of hydrogen-bond acceptors (Lipinski definition) is 4. The maximum Gasteiger partial charge on any atom is 0.329 e. The number of rotatable bonds is 5. The maximum atomic E-state index is 12.1. The van der Waals surface area contributed by atoms with E-state index in [0.29, 0.717) is 18.0 Å². The molecule has 1 saturated carbocycles. The van der Waals surface area contributed by atoms with Gasteiger partial charge < -0.3 is 10.1 Å². The second kappa shape index (κ2) is 11.0. The van der Waals surface area contributed by atoms with Crippen molar-refractivity contribution >= 4 is 23.2 Å². The first-order valence-electron chi connectivity index (χ1n) is 10.1. The maximum absolute atomic E-state index is 12.1. The van der Waals surface area contributed by atoms with E-state index in [-0.39, 0.29) is 0 Å². The van der Waals surface area contributed by atoms with E-state index in [1.807, 2.05) is 30.3 Å². The molecular weight excluding hydrogens is 366 g/mol. The average Bonchev–Trinajstić information content (AvgIpc) is 2.73. The summed E-state index contributed by atoms with van der Waals surface area (Å²) in [6.45, 7) is 0.468. The molecule has 1 fully saturated rings. The Hall–Kier alpha value is -3.15. The van der Waals surface area contributed by atoms with E-state index in [0.717, 1.165) is 37.0 Å². The van der Waals surface area contributed by atoms with Crippen LogP contribution in [0.5, 0.6) is 5.75 Å². The molecule has 29 heavy (non-hydrogen) atoms. The van der Waals surface area contributed by atoms with Crippen LogP contribution in [0.15, 0.2) is 59.7 Å². The highest BCUT2D eigenvalue weighted by atomic mass is 16.5. The Morgan fingerprint density at radius 1 is 0.828 bits per heavy atom. The number of anilines is 1. The summed E-state index contributed by atoms with van der Waals surface area (Å²) in [4.78, 5) is 24.1. The third kappa shape index (κ3) is 7.07. The predicted octanol–water partition coefficient (Wildman–Crippen LogP) is 4.42. The summed E-state index contributed by atoms with van der Waals surface area (Å²) in [7, 11) is 0. The van der Waals surface area contributed by atoms with Gasteiger partial charge in [0.05, 0.1) is 0 Å². The summed E-state index contributed by atoms with van der Waals surface area (Å²) in [6, 6.07) is 16.8. The van der Waals surface area contributed by atoms with Crippen LogP contribution in [0.3, 0.4) is 0 Å². The van der Waals surface area contributed by atoms with Crippen molar-refractivity contribution in [3.63, 3.8) is 0 Å². The van der Waals surface area contributed by atoms with Gasteiger partial charge in [0.25, 0.3) is 0 Å². The van der Waals surface area contributed by atoms with Gasteiger partial charge in [-0.3, -0.25) is 9.59 Å². The van der Waals surface area contributed by atoms with Gasteiger partial charge in [-0.25, -0.2) is 5.43 Å². The van der Waals surface area contributed by atoms with E-state index in [1.54, 1.807) is 24.3 Å². The van der Waals surface area contributed by atoms with Gasteiger partial charge in [0.15, 0.2) is 0 Å². The molecular formula is C23H27N3O3. The number of nitrogens with one attached hydrogen (secondary N) is 2. The molecule has 6 nitrogen and oxygen atoms in total. The van der Waals surface area contributed by atoms with Gasteiger partial charge in [-0.2, -0.15) is 5.10 Å². The van der Waals surface area contributed by atoms with Crippen LogP contribution in [-0.2, 0) is 16.2 Å². The number of ether oxygens (including phenoxy) is 1. The van der Waals surface area contributed by atoms with Gasteiger partial charge >= 0.3 is 11.8 Å². The molecule has 2 N–H and O–H groups in total. The highest BCUT2D eigenvalue weighted by Crippen LogP contribution is 2.17. The van der Waals surface area contributed by atoms with Crippen LogP contribution in [0.2, 0.25) is 0 Å². The molecule has 2 amide bonds. The van der Waals surface area contributed by atoms with Crippen molar-refractivity contribution in [2.75, 3.05) is 5.32 Å². The molecule has 0 heterocycles. The second-order valence-corrected chi connectivity index (χ2v) is 7.14. The zero-order valence-corrected chi connectivity index (χ0v) is 16.5. The van der Waals surface area contributed by atoms with Crippen molar-refractivity contribution < 1.29 is 14.3 Å². The van der Waals surface area contributed by atoms with Crippen molar-refractivity contribution in [1.82, 2.24) is 5.43 Å². The molecule has 3 rings (SSSR count). The van der Waals surface area contributed by atoms with Crippen molar-refractivity contribution in [2.45, 2.75) is 51.6 Å². The molecule has 2 aromatic carbocycles. The number of hydrazone groups is 1. The molecule has 0 radical (unpaired) electrons. The fourth-order valence-electron chi connectivity index (χ4n) is 3.17. The minimum atomic E-state index is -0.760. The standard InChI is InChI=1S/C23H27N3O3/c27-22(23(28)26-25-20-11-7-2-1-3-8-12-20)24-19-13-15-21(16-14-19)29-17-18-9-5-4-6-10-18/h4-6,9-10,13-16H,1-3,7-8,11-12,17H2,(H,24,27)(H,26,28). The first kappa shape index (κ1) is 20.6. The Kier molecular flexibility index (Phi) is 7.81. The van der Waals surface area contributed by atoms with Crippen LogP contribution in [0.4, 0.5) is 5.69 Å². The highest BCUT2D eigenvalue weighted by molar-refractivity contribution is 6.39. The number of amides is 2. The Morgan fingerprint density at radius 3 is 2.17 bits per heavy atom. The molecule has 0 bridgehead atoms. The van der Waals surface area contributed by atoms with E-state index in [9.17, 15) is 9.59 Å². The lowest BCUT2D eigenvalue weighted by atomic mass is 9.99. The fourth-order valence-corrected chi connectivity index (χ4v) is 3.17. The number of carbonyl (C=O) groups excluding carboxylic acids is 2. The fraction of sp³-hybridized carbons (Fsp3) is 0.348. The van der Waals surface area contributed by atoms with E-state index in [4.69, 9.17) is 4.74 Å². The van der Waals surface area contributed by atoms with Gasteiger partial charge in [-0.1, -0.05) is 49.6 Å². The third-order valence-electron chi connectivity index (χ3n) is 4.81. The molecule has 0 aromatic heterocycles. The monoisotopic (exact) mass is 393 g/mol. The smallest absolute Gasteiger partial charge is 0.329 e. The zero-order valence-electron chi connectivity index (χ0n) is 16.5. The quantitative estimate of drug-likeness (QED) is 0.583. The summed E-state index contributed by atoms with van der Waals surface area (Å²) in [5.74, 6) is -0.811. The van der Waals surface area contributed by atoms with Crippen molar-refractivity contribution in [3.05, 3.63) is 60.2 Å². The molecule has 1 aliphatic carbocycles. The zero-order chi connectivity index (χ0) is 20.3. The first-order chi connectivity index (χ1) is 14.2. The average molecular weight is 393 g/mol. The van der Waals surface area contributed by atoms with E-state index >= 15 is 0 Å². The summed E-state index contributed by atoms with van der Waals surface area (Å²) >= 11 is 0. The van der Waals surface area contributed by atoms with E-state index in [1.165, 1.54) is 19.3 Å². The molecule has 0 unspecified atom stereocenters. The van der Waals surface area contributed by atoms with Crippen LogP contribution in [-0.4, -0.2) is 17.5 Å². The Labute approximate surface area is 171 Å². The minimum Gasteiger partial charge on any atom is -0.489 e. The number of hydrogen-bond donors (Lipinski definition) is 2. The van der Waals surface area contributed by atoms with Crippen molar-refractivity contribution in [2.24, 2.45) is 5.10 Å². The van der Waals surface area contributed by atoms with Gasteiger partial charge in [-0.05, 0) is 55.5 Å². The number of nitrogens with zero attached hydrogens (tertiary/aromatic N) is 1. The summed E-state index contributed by atoms with van der Waals surface area (Å²) in [5.41, 5.74) is 4.95. The normalized spacial score (nSPS) is 14.3. The third-order valence-corrected chi connectivity index (χ3v) is 4.81. The van der Waals surface area contributed by atoms with Crippen LogP contribution in [0, 0.1) is 0 Å². The lowest BCUT2D eigenvalue weighted by molar-refractivity contribution is -0.136. The topological polar surface area (TPSA) is 79.8 Å². The SMILES string of the molecule is O=C(NN=C1CCCCCCC1)C(=O)Nc1ccc(OCc2ccccc2)cc1. The molecule has 1 aliphatic rings. The Balaban J connectivity index is 1.46. The van der Waals surface area contributed by atoms with E-state index in [2.05, 4.69) is 15.8 Å². The second-order valence-electron chi connectivity index (χ2n) is 7.14. The van der Waals surface area contributed by atoms with Crippen LogP contribution >= 0.6 is 0 Å². The van der Waals surface area contributed by atoms with Gasteiger partial charge in [0, 0.05) is 11.4 Å². The number of benzene rings is 2. The predicted molar refractivity (Wildman–Crippen MR) is 114 cm³/mol. The molecule has 0 spiro atoms. The molecule has 2 aromatic rings. The molecule has 0 atom stereocenters.